The Labute approximate surface area is 132 Å². The Kier molecular flexibility index (Phi) is 4.31. The molecule has 0 unspecified atom stereocenters. The Hall–Kier alpha value is -1.63. The van der Waals surface area contributed by atoms with E-state index in [1.54, 1.807) is 4.90 Å². The van der Waals surface area contributed by atoms with Crippen LogP contribution in [0.5, 0.6) is 0 Å². The van der Waals surface area contributed by atoms with Gasteiger partial charge in [0, 0.05) is 6.54 Å². The molecule has 0 spiro atoms. The predicted molar refractivity (Wildman–Crippen MR) is 77.0 cm³/mol. The number of hydrogen-bond acceptors (Lipinski definition) is 3. The van der Waals surface area contributed by atoms with Crippen LogP contribution < -0.4 is 0 Å². The van der Waals surface area contributed by atoms with Gasteiger partial charge in [-0.1, -0.05) is 12.8 Å². The van der Waals surface area contributed by atoms with E-state index in [0.29, 0.717) is 13.2 Å². The highest BCUT2D eigenvalue weighted by molar-refractivity contribution is 5.95. The molecule has 1 saturated carbocycles. The number of alkyl halides is 3. The number of carbonyl (C=O) groups is 1. The Morgan fingerprint density at radius 1 is 1.30 bits per heavy atom. The number of fused-ring (bicyclic) bond motifs is 1. The highest BCUT2D eigenvalue weighted by Gasteiger charge is 2.38. The number of hydrogen-bond donors (Lipinski definition) is 0. The minimum Gasteiger partial charge on any atom is -0.374 e. The molecule has 2 fully saturated rings. The standard InChI is InChI=1S/C16H19F3N2O2/c1-10-11(6-7-14(20-10)16(17,18)19)15(22)21-8-9-23-13-5-3-2-4-12(13)21/h6-7,12-13H,2-5,8-9H2,1H3/t12-,13-/m0/s1. The number of pyridine rings is 1. The fourth-order valence-corrected chi connectivity index (χ4v) is 3.45. The monoisotopic (exact) mass is 328 g/mol. The van der Waals surface area contributed by atoms with Crippen LogP contribution >= 0.6 is 0 Å². The summed E-state index contributed by atoms with van der Waals surface area (Å²) in [4.78, 5) is 18.1. The van der Waals surface area contributed by atoms with E-state index < -0.39 is 11.9 Å². The number of halogens is 3. The van der Waals surface area contributed by atoms with Crippen molar-refractivity contribution in [2.75, 3.05) is 13.2 Å². The molecular formula is C16H19F3N2O2. The number of aromatic nitrogens is 1. The largest absolute Gasteiger partial charge is 0.433 e. The van der Waals surface area contributed by atoms with Crippen molar-refractivity contribution in [2.45, 2.75) is 50.9 Å². The lowest BCUT2D eigenvalue weighted by atomic mass is 9.89. The smallest absolute Gasteiger partial charge is 0.374 e. The third-order valence-corrected chi connectivity index (χ3v) is 4.60. The SMILES string of the molecule is Cc1nc(C(F)(F)F)ccc1C(=O)N1CCO[C@H]2CCCC[C@@H]21. The number of aryl methyl sites for hydroxylation is 1. The van der Waals surface area contributed by atoms with Gasteiger partial charge in [-0.3, -0.25) is 4.79 Å². The number of carbonyl (C=O) groups excluding carboxylic acids is 1. The fraction of sp³-hybridized carbons (Fsp3) is 0.625. The summed E-state index contributed by atoms with van der Waals surface area (Å²) in [6.07, 6.45) is -0.519. The molecule has 2 atom stereocenters. The van der Waals surface area contributed by atoms with Crippen molar-refractivity contribution in [1.29, 1.82) is 0 Å². The average Bonchev–Trinajstić information content (AvgIpc) is 2.53. The van der Waals surface area contributed by atoms with Crippen LogP contribution in [-0.2, 0) is 10.9 Å². The highest BCUT2D eigenvalue weighted by Crippen LogP contribution is 2.31. The van der Waals surface area contributed by atoms with Gasteiger partial charge in [0.05, 0.1) is 30.0 Å². The number of morpholine rings is 1. The first kappa shape index (κ1) is 16.2. The van der Waals surface area contributed by atoms with Crippen LogP contribution in [0.1, 0.15) is 47.4 Å². The summed E-state index contributed by atoms with van der Waals surface area (Å²) in [5.74, 6) is -0.246. The van der Waals surface area contributed by atoms with Gasteiger partial charge < -0.3 is 9.64 Å². The lowest BCUT2D eigenvalue weighted by Gasteiger charge is -2.43. The number of amides is 1. The van der Waals surface area contributed by atoms with Gasteiger partial charge in [-0.2, -0.15) is 13.2 Å². The van der Waals surface area contributed by atoms with Crippen LogP contribution in [0.25, 0.3) is 0 Å². The topological polar surface area (TPSA) is 42.4 Å². The van der Waals surface area contributed by atoms with Crippen LogP contribution in [0, 0.1) is 6.92 Å². The fourth-order valence-electron chi connectivity index (χ4n) is 3.45. The van der Waals surface area contributed by atoms with E-state index in [0.717, 1.165) is 31.7 Å². The van der Waals surface area contributed by atoms with Crippen LogP contribution in [0.4, 0.5) is 13.2 Å². The zero-order valence-corrected chi connectivity index (χ0v) is 12.9. The maximum absolute atomic E-state index is 12.8. The second kappa shape index (κ2) is 6.11. The molecule has 23 heavy (non-hydrogen) atoms. The third kappa shape index (κ3) is 3.20. The van der Waals surface area contributed by atoms with Crippen molar-refractivity contribution >= 4 is 5.91 Å². The number of rotatable bonds is 1. The molecule has 2 aliphatic rings. The molecule has 1 aliphatic heterocycles. The van der Waals surface area contributed by atoms with E-state index in [4.69, 9.17) is 4.74 Å². The molecule has 126 valence electrons. The summed E-state index contributed by atoms with van der Waals surface area (Å²) in [6, 6.07) is 2.13. The van der Waals surface area contributed by atoms with Gasteiger partial charge in [-0.25, -0.2) is 4.98 Å². The quantitative estimate of drug-likeness (QED) is 0.795. The van der Waals surface area contributed by atoms with Gasteiger partial charge in [0.2, 0.25) is 0 Å². The Morgan fingerprint density at radius 2 is 2.04 bits per heavy atom. The zero-order valence-electron chi connectivity index (χ0n) is 12.9. The van der Waals surface area contributed by atoms with Gasteiger partial charge in [-0.15, -0.1) is 0 Å². The second-order valence-electron chi connectivity index (χ2n) is 6.09. The first-order valence-corrected chi connectivity index (χ1v) is 7.85. The Bertz CT molecular complexity index is 601. The van der Waals surface area contributed by atoms with Crippen molar-refractivity contribution < 1.29 is 22.7 Å². The molecular weight excluding hydrogens is 309 g/mol. The zero-order chi connectivity index (χ0) is 16.6. The van der Waals surface area contributed by atoms with Gasteiger partial charge in [-0.05, 0) is 31.9 Å². The molecule has 0 radical (unpaired) electrons. The molecule has 2 heterocycles. The molecule has 1 saturated heterocycles. The van der Waals surface area contributed by atoms with E-state index in [2.05, 4.69) is 4.98 Å². The second-order valence-corrected chi connectivity index (χ2v) is 6.09. The first-order valence-electron chi connectivity index (χ1n) is 7.85. The molecule has 1 aliphatic carbocycles. The van der Waals surface area contributed by atoms with Crippen molar-refractivity contribution in [3.05, 3.63) is 29.1 Å². The molecule has 1 aromatic rings. The van der Waals surface area contributed by atoms with E-state index in [1.165, 1.54) is 13.0 Å². The maximum Gasteiger partial charge on any atom is 0.433 e. The summed E-state index contributed by atoms with van der Waals surface area (Å²) in [5.41, 5.74) is -0.614. The molecule has 4 nitrogen and oxygen atoms in total. The average molecular weight is 328 g/mol. The predicted octanol–water partition coefficient (Wildman–Crippen LogP) is 3.19. The summed E-state index contributed by atoms with van der Waals surface area (Å²) < 4.78 is 43.8. The van der Waals surface area contributed by atoms with E-state index in [-0.39, 0.29) is 29.3 Å². The Morgan fingerprint density at radius 3 is 2.74 bits per heavy atom. The van der Waals surface area contributed by atoms with Gasteiger partial charge in [0.15, 0.2) is 0 Å². The van der Waals surface area contributed by atoms with Gasteiger partial charge in [0.25, 0.3) is 5.91 Å². The van der Waals surface area contributed by atoms with Gasteiger partial charge in [0.1, 0.15) is 5.69 Å². The molecule has 0 bridgehead atoms. The molecule has 1 amide bonds. The normalized spacial score (nSPS) is 25.1. The van der Waals surface area contributed by atoms with E-state index in [9.17, 15) is 18.0 Å². The molecule has 1 aromatic heterocycles. The minimum atomic E-state index is -4.50. The third-order valence-electron chi connectivity index (χ3n) is 4.60. The minimum absolute atomic E-state index is 0.0201. The lowest BCUT2D eigenvalue weighted by molar-refractivity contribution is -0.141. The van der Waals surface area contributed by atoms with Crippen LogP contribution in [0.2, 0.25) is 0 Å². The molecule has 0 N–H and O–H groups in total. The van der Waals surface area contributed by atoms with Crippen LogP contribution in [-0.4, -0.2) is 41.1 Å². The van der Waals surface area contributed by atoms with Crippen molar-refractivity contribution in [3.8, 4) is 0 Å². The van der Waals surface area contributed by atoms with Crippen LogP contribution in [0.3, 0.4) is 0 Å². The van der Waals surface area contributed by atoms with Crippen LogP contribution in [0.15, 0.2) is 12.1 Å². The molecule has 7 heteroatoms. The van der Waals surface area contributed by atoms with Crippen molar-refractivity contribution in [1.82, 2.24) is 9.88 Å². The van der Waals surface area contributed by atoms with Crippen molar-refractivity contribution in [3.63, 3.8) is 0 Å². The Balaban J connectivity index is 1.85. The number of nitrogens with zero attached hydrogens (tertiary/aromatic N) is 2. The summed E-state index contributed by atoms with van der Waals surface area (Å²) >= 11 is 0. The summed E-state index contributed by atoms with van der Waals surface area (Å²) in [6.45, 7) is 2.39. The molecule has 0 aromatic carbocycles. The summed E-state index contributed by atoms with van der Waals surface area (Å²) in [5, 5.41) is 0. The summed E-state index contributed by atoms with van der Waals surface area (Å²) in [7, 11) is 0. The number of ether oxygens (including phenoxy) is 1. The van der Waals surface area contributed by atoms with Gasteiger partial charge >= 0.3 is 6.18 Å². The van der Waals surface area contributed by atoms with E-state index in [1.807, 2.05) is 0 Å². The first-order chi connectivity index (χ1) is 10.9. The van der Waals surface area contributed by atoms with E-state index >= 15 is 0 Å². The lowest BCUT2D eigenvalue weighted by Crippen LogP contribution is -2.55. The van der Waals surface area contributed by atoms with Crippen molar-refractivity contribution in [2.24, 2.45) is 0 Å². The maximum atomic E-state index is 12.8. The molecule has 3 rings (SSSR count). The highest BCUT2D eigenvalue weighted by atomic mass is 19.4.